The molecule has 0 aliphatic carbocycles. The van der Waals surface area contributed by atoms with Crippen molar-refractivity contribution < 1.29 is 23.7 Å². The van der Waals surface area contributed by atoms with Crippen molar-refractivity contribution in [3.63, 3.8) is 0 Å². The van der Waals surface area contributed by atoms with Gasteiger partial charge in [-0.3, -0.25) is 4.57 Å². The largest absolute Gasteiger partial charge is 0.344 e. The van der Waals surface area contributed by atoms with Crippen molar-refractivity contribution in [1.29, 1.82) is 0 Å². The normalized spacial score (nSPS) is 13.1. The van der Waals surface area contributed by atoms with Gasteiger partial charge in [0.25, 0.3) is 0 Å². The minimum absolute atomic E-state index is 0.219. The average Bonchev–Trinajstić information content (AvgIpc) is 1.82. The Hall–Kier alpha value is -0.260. The van der Waals surface area contributed by atoms with E-state index in [9.17, 15) is 9.36 Å². The van der Waals surface area contributed by atoms with E-state index < -0.39 is 13.9 Å². The van der Waals surface area contributed by atoms with Gasteiger partial charge in [0.1, 0.15) is 6.29 Å². The first-order chi connectivity index (χ1) is 5.15. The molecule has 0 saturated carbocycles. The Bertz CT molecular complexity index is 221. The fourth-order valence-electron chi connectivity index (χ4n) is 0.380. The molecule has 0 aromatic rings. The first kappa shape index (κ1) is 11.7. The first-order valence-electron chi connectivity index (χ1n) is 3.30. The van der Waals surface area contributed by atoms with Crippen molar-refractivity contribution in [3.8, 4) is 0 Å². The number of carbonyl (C=O) groups excluding carboxylic acids is 1. The molecule has 0 atom stereocenters. The predicted octanol–water partition coefficient (Wildman–Crippen LogP) is -0.751. The number of hydrogen-bond acceptors (Lipinski definition) is 3. The Morgan fingerprint density at radius 3 is 2.17 bits per heavy atom. The molecular weight excluding hydrogens is 183 g/mol. The number of quaternary nitrogens is 1. The van der Waals surface area contributed by atoms with Crippen LogP contribution in [0.25, 0.3) is 0 Å². The lowest BCUT2D eigenvalue weighted by molar-refractivity contribution is -0.858. The zero-order valence-corrected chi connectivity index (χ0v) is 8.21. The summed E-state index contributed by atoms with van der Waals surface area (Å²) in [6.07, 6.45) is -0.500. The lowest BCUT2D eigenvalue weighted by Gasteiger charge is -2.25. The average molecular weight is 197 g/mol. The van der Waals surface area contributed by atoms with Crippen LogP contribution in [0.5, 0.6) is 0 Å². The fourth-order valence-corrected chi connectivity index (χ4v) is 0.918. The fraction of sp³-hybridized carbons (Fsp3) is 0.800. The third kappa shape index (κ3) is 4.58. The molecule has 0 saturated heterocycles. The SMILES string of the molecule is CC(=O)[N+](C)(C)NCP(=O)(O)O. The van der Waals surface area contributed by atoms with Crippen LogP contribution in [0.4, 0.5) is 0 Å². The minimum atomic E-state index is -4.08. The number of nitrogens with one attached hydrogen (secondary N) is 1. The van der Waals surface area contributed by atoms with Gasteiger partial charge in [-0.1, -0.05) is 0 Å². The summed E-state index contributed by atoms with van der Waals surface area (Å²) in [7, 11) is -1.06. The Morgan fingerprint density at radius 2 is 1.92 bits per heavy atom. The van der Waals surface area contributed by atoms with Gasteiger partial charge in [-0.25, -0.2) is 4.79 Å². The van der Waals surface area contributed by atoms with Crippen molar-refractivity contribution in [2.24, 2.45) is 0 Å². The molecule has 3 N–H and O–H groups in total. The van der Waals surface area contributed by atoms with Gasteiger partial charge in [-0.2, -0.15) is 4.59 Å². The van der Waals surface area contributed by atoms with Crippen LogP contribution in [0.15, 0.2) is 0 Å². The highest BCUT2D eigenvalue weighted by atomic mass is 31.2. The molecule has 0 radical (unpaired) electrons. The topological polar surface area (TPSA) is 86.6 Å². The molecule has 6 nitrogen and oxygen atoms in total. The van der Waals surface area contributed by atoms with Crippen molar-refractivity contribution in [1.82, 2.24) is 5.43 Å². The second kappa shape index (κ2) is 3.64. The summed E-state index contributed by atoms with van der Waals surface area (Å²) in [4.78, 5) is 27.8. The Labute approximate surface area is 70.9 Å². The number of hydrogen-bond donors (Lipinski definition) is 3. The summed E-state index contributed by atoms with van der Waals surface area (Å²) in [5.41, 5.74) is 2.42. The van der Waals surface area contributed by atoms with Crippen LogP contribution < -0.4 is 5.43 Å². The molecule has 72 valence electrons. The van der Waals surface area contributed by atoms with E-state index in [1.807, 2.05) is 0 Å². The van der Waals surface area contributed by atoms with E-state index in [0.717, 1.165) is 0 Å². The van der Waals surface area contributed by atoms with Crippen molar-refractivity contribution in [2.75, 3.05) is 20.4 Å². The van der Waals surface area contributed by atoms with Gasteiger partial charge in [0.15, 0.2) is 0 Å². The maximum atomic E-state index is 10.8. The van der Waals surface area contributed by atoms with E-state index in [1.165, 1.54) is 21.0 Å². The van der Waals surface area contributed by atoms with E-state index >= 15 is 0 Å². The van der Waals surface area contributed by atoms with E-state index in [0.29, 0.717) is 0 Å². The monoisotopic (exact) mass is 197 g/mol. The maximum Gasteiger partial charge on any atom is 0.344 e. The zero-order chi connectivity index (χ0) is 9.99. The van der Waals surface area contributed by atoms with Gasteiger partial charge in [-0.15, -0.1) is 5.43 Å². The van der Waals surface area contributed by atoms with Gasteiger partial charge in [0.05, 0.1) is 21.0 Å². The lowest BCUT2D eigenvalue weighted by Crippen LogP contribution is -2.55. The van der Waals surface area contributed by atoms with Crippen LogP contribution in [0.3, 0.4) is 0 Å². The second-order valence-electron chi connectivity index (χ2n) is 2.95. The van der Waals surface area contributed by atoms with Gasteiger partial charge >= 0.3 is 13.5 Å². The van der Waals surface area contributed by atoms with E-state index in [-0.39, 0.29) is 10.5 Å². The van der Waals surface area contributed by atoms with E-state index in [4.69, 9.17) is 9.79 Å². The highest BCUT2D eigenvalue weighted by molar-refractivity contribution is 7.51. The molecule has 12 heavy (non-hydrogen) atoms. The Balaban J connectivity index is 4.10. The molecule has 0 aromatic heterocycles. The highest BCUT2D eigenvalue weighted by Gasteiger charge is 2.25. The van der Waals surface area contributed by atoms with Crippen LogP contribution in [-0.4, -0.2) is 40.7 Å². The minimum Gasteiger partial charge on any atom is -0.323 e. The van der Waals surface area contributed by atoms with E-state index in [2.05, 4.69) is 5.43 Å². The molecular formula is C5H14N2O4P+. The Morgan fingerprint density at radius 1 is 1.50 bits per heavy atom. The third-order valence-corrected chi connectivity index (χ3v) is 2.01. The molecule has 0 aliphatic rings. The summed E-state index contributed by atoms with van der Waals surface area (Å²) >= 11 is 0. The first-order valence-corrected chi connectivity index (χ1v) is 5.10. The third-order valence-electron chi connectivity index (χ3n) is 1.46. The van der Waals surface area contributed by atoms with E-state index in [1.54, 1.807) is 0 Å². The Kier molecular flexibility index (Phi) is 3.56. The van der Waals surface area contributed by atoms with Crippen LogP contribution in [-0.2, 0) is 9.36 Å². The molecule has 0 spiro atoms. The van der Waals surface area contributed by atoms with Crippen LogP contribution in [0.1, 0.15) is 6.92 Å². The molecule has 0 rings (SSSR count). The summed E-state index contributed by atoms with van der Waals surface area (Å²) in [6.45, 7) is 1.34. The summed E-state index contributed by atoms with van der Waals surface area (Å²) < 4.78 is 10.2. The zero-order valence-electron chi connectivity index (χ0n) is 7.31. The van der Waals surface area contributed by atoms with Crippen molar-refractivity contribution in [3.05, 3.63) is 0 Å². The van der Waals surface area contributed by atoms with Crippen LogP contribution in [0, 0.1) is 0 Å². The molecule has 0 aliphatic heterocycles. The summed E-state index contributed by atoms with van der Waals surface area (Å²) in [5.74, 6) is -0.219. The summed E-state index contributed by atoms with van der Waals surface area (Å²) in [5, 5.41) is 0. The number of amides is 1. The number of nitrogens with zero attached hydrogens (tertiary/aromatic N) is 1. The van der Waals surface area contributed by atoms with Gasteiger partial charge < -0.3 is 9.79 Å². The lowest BCUT2D eigenvalue weighted by atomic mass is 10.6. The quantitative estimate of drug-likeness (QED) is 0.315. The standard InChI is InChI=1S/C5H13N2O4P/c1-5(8)7(2,3)6-4-12(9,10)11/h6H,4H2,1-3H3,(H-,9,10,11)/p+1. The van der Waals surface area contributed by atoms with Gasteiger partial charge in [0.2, 0.25) is 0 Å². The molecule has 0 unspecified atom stereocenters. The molecule has 0 heterocycles. The number of carbonyl (C=O) groups is 1. The maximum absolute atomic E-state index is 10.8. The van der Waals surface area contributed by atoms with Crippen LogP contribution in [0.2, 0.25) is 0 Å². The highest BCUT2D eigenvalue weighted by Crippen LogP contribution is 2.32. The van der Waals surface area contributed by atoms with Crippen molar-refractivity contribution in [2.45, 2.75) is 6.92 Å². The molecule has 0 bridgehead atoms. The molecule has 0 aromatic carbocycles. The van der Waals surface area contributed by atoms with Gasteiger partial charge in [0, 0.05) is 0 Å². The second-order valence-corrected chi connectivity index (χ2v) is 4.60. The molecule has 7 heteroatoms. The van der Waals surface area contributed by atoms with Crippen LogP contribution >= 0.6 is 7.60 Å². The predicted molar refractivity (Wildman–Crippen MR) is 42.8 cm³/mol. The molecule has 0 fully saturated rings. The summed E-state index contributed by atoms with van der Waals surface area (Å²) in [6, 6.07) is 0. The smallest absolute Gasteiger partial charge is 0.323 e. The van der Waals surface area contributed by atoms with Crippen molar-refractivity contribution >= 4 is 13.5 Å². The molecule has 1 amide bonds. The number of rotatable bonds is 3. The van der Waals surface area contributed by atoms with Gasteiger partial charge in [-0.05, 0) is 0 Å².